The van der Waals surface area contributed by atoms with E-state index in [1.807, 2.05) is 0 Å². The number of alkyl halides is 2. The molecule has 5 nitrogen and oxygen atoms in total. The first kappa shape index (κ1) is 23.4. The van der Waals surface area contributed by atoms with Gasteiger partial charge in [-0.25, -0.2) is 0 Å². The van der Waals surface area contributed by atoms with Crippen LogP contribution in [0, 0.1) is 5.41 Å². The SMILES string of the molecule is COc1ccc(CCNC(=O)CC2(CN)CCCCC2)cc1OC(F)F.Cl. The van der Waals surface area contributed by atoms with Crippen molar-refractivity contribution in [3.05, 3.63) is 23.8 Å². The van der Waals surface area contributed by atoms with Crippen LogP contribution >= 0.6 is 12.4 Å². The zero-order valence-corrected chi connectivity index (χ0v) is 16.5. The van der Waals surface area contributed by atoms with Gasteiger partial charge >= 0.3 is 6.61 Å². The monoisotopic (exact) mass is 406 g/mol. The lowest BCUT2D eigenvalue weighted by atomic mass is 9.71. The maximum absolute atomic E-state index is 12.5. The van der Waals surface area contributed by atoms with Gasteiger partial charge in [0.2, 0.25) is 5.91 Å². The molecule has 1 aromatic carbocycles. The molecule has 0 radical (unpaired) electrons. The first-order valence-electron chi connectivity index (χ1n) is 9.06. The van der Waals surface area contributed by atoms with E-state index in [4.69, 9.17) is 10.5 Å². The van der Waals surface area contributed by atoms with Crippen LogP contribution in [0.5, 0.6) is 11.5 Å². The number of carbonyl (C=O) groups is 1. The van der Waals surface area contributed by atoms with E-state index in [9.17, 15) is 13.6 Å². The van der Waals surface area contributed by atoms with Crippen LogP contribution in [0.25, 0.3) is 0 Å². The maximum atomic E-state index is 12.5. The van der Waals surface area contributed by atoms with Gasteiger partial charge in [-0.3, -0.25) is 4.79 Å². The van der Waals surface area contributed by atoms with Crippen molar-refractivity contribution < 1.29 is 23.0 Å². The lowest BCUT2D eigenvalue weighted by molar-refractivity contribution is -0.123. The predicted molar refractivity (Wildman–Crippen MR) is 103 cm³/mol. The van der Waals surface area contributed by atoms with Gasteiger partial charge in [-0.1, -0.05) is 25.3 Å². The van der Waals surface area contributed by atoms with E-state index < -0.39 is 6.61 Å². The predicted octanol–water partition coefficient (Wildman–Crippen LogP) is 3.68. The lowest BCUT2D eigenvalue weighted by Gasteiger charge is -2.35. The summed E-state index contributed by atoms with van der Waals surface area (Å²) < 4.78 is 34.4. The molecule has 0 bridgehead atoms. The third kappa shape index (κ3) is 7.14. The average Bonchev–Trinajstić information content (AvgIpc) is 2.62. The Morgan fingerprint density at radius 2 is 1.96 bits per heavy atom. The highest BCUT2D eigenvalue weighted by Crippen LogP contribution is 2.38. The van der Waals surface area contributed by atoms with E-state index in [1.165, 1.54) is 19.6 Å². The number of hydrogen-bond donors (Lipinski definition) is 2. The van der Waals surface area contributed by atoms with E-state index in [0.29, 0.717) is 25.9 Å². The van der Waals surface area contributed by atoms with Gasteiger partial charge in [0.05, 0.1) is 7.11 Å². The van der Waals surface area contributed by atoms with Gasteiger partial charge in [-0.05, 0) is 48.9 Å². The summed E-state index contributed by atoms with van der Waals surface area (Å²) in [5.74, 6) is 0.241. The second-order valence-corrected chi connectivity index (χ2v) is 6.91. The number of carbonyl (C=O) groups excluding carboxylic acids is 1. The summed E-state index contributed by atoms with van der Waals surface area (Å²) in [4.78, 5) is 12.3. The fourth-order valence-corrected chi connectivity index (χ4v) is 3.57. The second kappa shape index (κ2) is 11.3. The number of amides is 1. The fraction of sp³-hybridized carbons (Fsp3) is 0.632. The van der Waals surface area contributed by atoms with Crippen LogP contribution in [0.1, 0.15) is 44.1 Å². The normalized spacial score (nSPS) is 15.7. The highest BCUT2D eigenvalue weighted by molar-refractivity contribution is 5.85. The molecule has 27 heavy (non-hydrogen) atoms. The highest BCUT2D eigenvalue weighted by atomic mass is 35.5. The van der Waals surface area contributed by atoms with Crippen LogP contribution < -0.4 is 20.5 Å². The number of benzene rings is 1. The first-order valence-corrected chi connectivity index (χ1v) is 9.06. The van der Waals surface area contributed by atoms with Crippen molar-refractivity contribution in [2.75, 3.05) is 20.2 Å². The zero-order chi connectivity index (χ0) is 19.0. The molecule has 1 aliphatic rings. The van der Waals surface area contributed by atoms with E-state index in [1.54, 1.807) is 12.1 Å². The molecule has 0 saturated heterocycles. The maximum Gasteiger partial charge on any atom is 0.387 e. The molecule has 2 rings (SSSR count). The molecule has 1 amide bonds. The Balaban J connectivity index is 0.00000364. The van der Waals surface area contributed by atoms with Crippen LogP contribution in [-0.4, -0.2) is 32.7 Å². The van der Waals surface area contributed by atoms with Crippen molar-refractivity contribution in [2.24, 2.45) is 11.1 Å². The number of rotatable bonds is 9. The Kier molecular flexibility index (Phi) is 9.80. The van der Waals surface area contributed by atoms with Gasteiger partial charge in [0.1, 0.15) is 0 Å². The topological polar surface area (TPSA) is 73.6 Å². The van der Waals surface area contributed by atoms with Crippen LogP contribution in [0.15, 0.2) is 18.2 Å². The molecule has 0 aromatic heterocycles. The Labute approximate surface area is 165 Å². The van der Waals surface area contributed by atoms with Gasteiger partial charge in [-0.2, -0.15) is 8.78 Å². The Morgan fingerprint density at radius 3 is 2.56 bits per heavy atom. The van der Waals surface area contributed by atoms with E-state index in [0.717, 1.165) is 31.2 Å². The van der Waals surface area contributed by atoms with Gasteiger partial charge in [0.25, 0.3) is 0 Å². The van der Waals surface area contributed by atoms with Crippen molar-refractivity contribution in [1.29, 1.82) is 0 Å². The molecular weight excluding hydrogens is 378 g/mol. The van der Waals surface area contributed by atoms with Crippen LogP contribution in [-0.2, 0) is 11.2 Å². The molecular formula is C19H29ClF2N2O3. The molecule has 0 aliphatic heterocycles. The highest BCUT2D eigenvalue weighted by Gasteiger charge is 2.32. The lowest BCUT2D eigenvalue weighted by Crippen LogP contribution is -2.39. The summed E-state index contributed by atoms with van der Waals surface area (Å²) in [6.45, 7) is -1.95. The number of halogens is 3. The zero-order valence-electron chi connectivity index (χ0n) is 15.6. The second-order valence-electron chi connectivity index (χ2n) is 6.91. The number of methoxy groups -OCH3 is 1. The van der Waals surface area contributed by atoms with E-state index >= 15 is 0 Å². The smallest absolute Gasteiger partial charge is 0.387 e. The summed E-state index contributed by atoms with van der Waals surface area (Å²) in [5, 5.41) is 2.91. The third-order valence-corrected chi connectivity index (χ3v) is 5.06. The summed E-state index contributed by atoms with van der Waals surface area (Å²) in [6.07, 6.45) is 6.45. The van der Waals surface area contributed by atoms with E-state index in [-0.39, 0.29) is 35.2 Å². The molecule has 1 aliphatic carbocycles. The Bertz CT molecular complexity index is 596. The molecule has 0 atom stereocenters. The summed E-state index contributed by atoms with van der Waals surface area (Å²) >= 11 is 0. The molecule has 154 valence electrons. The van der Waals surface area contributed by atoms with Crippen LogP contribution in [0.4, 0.5) is 8.78 Å². The van der Waals surface area contributed by atoms with E-state index in [2.05, 4.69) is 10.1 Å². The van der Waals surface area contributed by atoms with Crippen molar-refractivity contribution in [3.63, 3.8) is 0 Å². The Hall–Kier alpha value is -1.60. The summed E-state index contributed by atoms with van der Waals surface area (Å²) in [5.41, 5.74) is 6.64. The molecule has 8 heteroatoms. The summed E-state index contributed by atoms with van der Waals surface area (Å²) in [6, 6.07) is 4.87. The van der Waals surface area contributed by atoms with Crippen LogP contribution in [0.2, 0.25) is 0 Å². The molecule has 0 unspecified atom stereocenters. The van der Waals surface area contributed by atoms with Gasteiger partial charge in [0, 0.05) is 13.0 Å². The quantitative estimate of drug-likeness (QED) is 0.656. The average molecular weight is 407 g/mol. The minimum atomic E-state index is -2.92. The number of hydrogen-bond acceptors (Lipinski definition) is 4. The van der Waals surface area contributed by atoms with Crippen molar-refractivity contribution in [3.8, 4) is 11.5 Å². The number of ether oxygens (including phenoxy) is 2. The first-order chi connectivity index (χ1) is 12.5. The number of nitrogens with one attached hydrogen (secondary N) is 1. The van der Waals surface area contributed by atoms with Gasteiger partial charge in [0.15, 0.2) is 11.5 Å². The molecule has 0 spiro atoms. The van der Waals surface area contributed by atoms with Gasteiger partial charge in [-0.15, -0.1) is 12.4 Å². The minimum absolute atomic E-state index is 0. The third-order valence-electron chi connectivity index (χ3n) is 5.06. The summed E-state index contributed by atoms with van der Waals surface area (Å²) in [7, 11) is 1.39. The minimum Gasteiger partial charge on any atom is -0.493 e. The van der Waals surface area contributed by atoms with Crippen LogP contribution in [0.3, 0.4) is 0 Å². The molecule has 1 saturated carbocycles. The largest absolute Gasteiger partial charge is 0.493 e. The standard InChI is InChI=1S/C19H28F2N2O3.ClH/c1-25-15-6-5-14(11-16(15)26-18(20)21)7-10-23-17(24)12-19(13-22)8-3-2-4-9-19;/h5-6,11,18H,2-4,7-10,12-13,22H2,1H3,(H,23,24);1H. The van der Waals surface area contributed by atoms with Gasteiger partial charge < -0.3 is 20.5 Å². The molecule has 1 aromatic rings. The molecule has 3 N–H and O–H groups in total. The van der Waals surface area contributed by atoms with Crippen molar-refractivity contribution in [1.82, 2.24) is 5.32 Å². The van der Waals surface area contributed by atoms with Crippen molar-refractivity contribution >= 4 is 18.3 Å². The fourth-order valence-electron chi connectivity index (χ4n) is 3.57. The number of nitrogens with two attached hydrogens (primary N) is 1. The Morgan fingerprint density at radius 1 is 1.26 bits per heavy atom. The molecule has 1 fully saturated rings. The molecule has 0 heterocycles. The van der Waals surface area contributed by atoms with Crippen molar-refractivity contribution in [2.45, 2.75) is 51.6 Å².